The number of methoxy groups -OCH3 is 1. The lowest BCUT2D eigenvalue weighted by molar-refractivity contribution is -0.121. The highest BCUT2D eigenvalue weighted by Crippen LogP contribution is 2.25. The summed E-state index contributed by atoms with van der Waals surface area (Å²) in [7, 11) is 1.59. The lowest BCUT2D eigenvalue weighted by Crippen LogP contribution is -2.45. The standard InChI is InChI=1S/C19H24N4O3/c1-14-3-4-16(26-2)15(9-14)10-18(24)22-12-19(25)5-8-23(13-19)17-11-20-6-7-21-17/h3-4,6-7,9,11,25H,5,8,10,12-13H2,1-2H3,(H,22,24)/t19-/m0/s1. The molecule has 0 bridgehead atoms. The van der Waals surface area contributed by atoms with E-state index in [0.29, 0.717) is 25.3 Å². The number of benzene rings is 1. The number of aromatic nitrogens is 2. The highest BCUT2D eigenvalue weighted by atomic mass is 16.5. The average molecular weight is 356 g/mol. The molecule has 2 heterocycles. The van der Waals surface area contributed by atoms with Gasteiger partial charge in [-0.15, -0.1) is 0 Å². The van der Waals surface area contributed by atoms with Crippen LogP contribution < -0.4 is 15.0 Å². The molecule has 1 saturated heterocycles. The molecule has 7 nitrogen and oxygen atoms in total. The largest absolute Gasteiger partial charge is 0.496 e. The first-order chi connectivity index (χ1) is 12.5. The van der Waals surface area contributed by atoms with Crippen LogP contribution in [0.3, 0.4) is 0 Å². The number of carbonyl (C=O) groups is 1. The molecular weight excluding hydrogens is 332 g/mol. The molecule has 0 spiro atoms. The summed E-state index contributed by atoms with van der Waals surface area (Å²) in [6.45, 7) is 3.27. The second-order valence-corrected chi connectivity index (χ2v) is 6.73. The molecule has 0 radical (unpaired) electrons. The smallest absolute Gasteiger partial charge is 0.224 e. The molecule has 0 unspecified atom stereocenters. The number of nitrogens with one attached hydrogen (secondary N) is 1. The minimum absolute atomic E-state index is 0.139. The van der Waals surface area contributed by atoms with Crippen molar-refractivity contribution < 1.29 is 14.6 Å². The van der Waals surface area contributed by atoms with Crippen LogP contribution >= 0.6 is 0 Å². The minimum atomic E-state index is -0.968. The second kappa shape index (κ2) is 7.70. The van der Waals surface area contributed by atoms with E-state index in [1.807, 2.05) is 30.0 Å². The van der Waals surface area contributed by atoms with E-state index < -0.39 is 5.60 Å². The first-order valence-corrected chi connectivity index (χ1v) is 8.63. The molecule has 1 aliphatic heterocycles. The number of amides is 1. The van der Waals surface area contributed by atoms with E-state index in [9.17, 15) is 9.90 Å². The number of anilines is 1. The predicted molar refractivity (Wildman–Crippen MR) is 98.3 cm³/mol. The van der Waals surface area contributed by atoms with E-state index >= 15 is 0 Å². The molecule has 26 heavy (non-hydrogen) atoms. The Labute approximate surface area is 153 Å². The maximum Gasteiger partial charge on any atom is 0.224 e. The van der Waals surface area contributed by atoms with Crippen molar-refractivity contribution in [3.05, 3.63) is 47.9 Å². The Kier molecular flexibility index (Phi) is 5.37. The van der Waals surface area contributed by atoms with Gasteiger partial charge in [0, 0.05) is 37.6 Å². The van der Waals surface area contributed by atoms with E-state index in [4.69, 9.17) is 4.74 Å². The summed E-state index contributed by atoms with van der Waals surface area (Å²) < 4.78 is 5.31. The summed E-state index contributed by atoms with van der Waals surface area (Å²) in [5, 5.41) is 13.6. The lowest BCUT2D eigenvalue weighted by Gasteiger charge is -2.24. The van der Waals surface area contributed by atoms with Crippen molar-refractivity contribution in [2.75, 3.05) is 31.6 Å². The fourth-order valence-electron chi connectivity index (χ4n) is 3.19. The van der Waals surface area contributed by atoms with Gasteiger partial charge in [0.05, 0.1) is 19.7 Å². The third-order valence-corrected chi connectivity index (χ3v) is 4.61. The van der Waals surface area contributed by atoms with Gasteiger partial charge in [-0.05, 0) is 19.4 Å². The third kappa shape index (κ3) is 4.29. The normalized spacial score (nSPS) is 19.4. The van der Waals surface area contributed by atoms with Gasteiger partial charge in [0.15, 0.2) is 0 Å². The number of nitrogens with zero attached hydrogens (tertiary/aromatic N) is 3. The quantitative estimate of drug-likeness (QED) is 0.806. The summed E-state index contributed by atoms with van der Waals surface area (Å²) in [6, 6.07) is 5.75. The topological polar surface area (TPSA) is 87.6 Å². The van der Waals surface area contributed by atoms with Crippen molar-refractivity contribution in [2.45, 2.75) is 25.4 Å². The summed E-state index contributed by atoms with van der Waals surface area (Å²) in [5.74, 6) is 1.29. The maximum absolute atomic E-state index is 12.3. The van der Waals surface area contributed by atoms with Gasteiger partial charge in [0.25, 0.3) is 0 Å². The van der Waals surface area contributed by atoms with Crippen LogP contribution in [0.5, 0.6) is 5.75 Å². The maximum atomic E-state index is 12.3. The zero-order valence-corrected chi connectivity index (χ0v) is 15.1. The van der Waals surface area contributed by atoms with Crippen molar-refractivity contribution in [3.8, 4) is 5.75 Å². The highest BCUT2D eigenvalue weighted by molar-refractivity contribution is 5.79. The summed E-state index contributed by atoms with van der Waals surface area (Å²) in [6.07, 6.45) is 5.70. The minimum Gasteiger partial charge on any atom is -0.496 e. The van der Waals surface area contributed by atoms with Crippen LogP contribution in [-0.2, 0) is 11.2 Å². The Morgan fingerprint density at radius 2 is 2.27 bits per heavy atom. The summed E-state index contributed by atoms with van der Waals surface area (Å²) in [4.78, 5) is 22.6. The van der Waals surface area contributed by atoms with Crippen molar-refractivity contribution >= 4 is 11.7 Å². The Hall–Kier alpha value is -2.67. The fraction of sp³-hybridized carbons (Fsp3) is 0.421. The van der Waals surface area contributed by atoms with Crippen LogP contribution in [0.15, 0.2) is 36.8 Å². The summed E-state index contributed by atoms with van der Waals surface area (Å²) in [5.41, 5.74) is 0.941. The molecule has 1 fully saturated rings. The van der Waals surface area contributed by atoms with Crippen molar-refractivity contribution in [2.24, 2.45) is 0 Å². The van der Waals surface area contributed by atoms with Gasteiger partial charge in [-0.1, -0.05) is 17.7 Å². The number of ether oxygens (including phenoxy) is 1. The lowest BCUT2D eigenvalue weighted by atomic mass is 10.0. The number of β-amino-alcohol motifs (C(OH)–C–C–N with tert-alkyl or cyclic N) is 1. The van der Waals surface area contributed by atoms with Gasteiger partial charge in [-0.2, -0.15) is 0 Å². The molecule has 2 N–H and O–H groups in total. The third-order valence-electron chi connectivity index (χ3n) is 4.61. The molecular formula is C19H24N4O3. The van der Waals surface area contributed by atoms with E-state index in [-0.39, 0.29) is 18.9 Å². The van der Waals surface area contributed by atoms with Gasteiger partial charge in [-0.3, -0.25) is 9.78 Å². The monoisotopic (exact) mass is 356 g/mol. The van der Waals surface area contributed by atoms with Crippen LogP contribution in [0.1, 0.15) is 17.5 Å². The van der Waals surface area contributed by atoms with Crippen molar-refractivity contribution in [3.63, 3.8) is 0 Å². The number of aryl methyl sites for hydroxylation is 1. The number of aliphatic hydroxyl groups is 1. The molecule has 7 heteroatoms. The van der Waals surface area contributed by atoms with Crippen molar-refractivity contribution in [1.29, 1.82) is 0 Å². The molecule has 1 aliphatic rings. The predicted octanol–water partition coefficient (Wildman–Crippen LogP) is 1.09. The SMILES string of the molecule is COc1ccc(C)cc1CC(=O)NC[C@@]1(O)CCN(c2cnccn2)C1. The average Bonchev–Trinajstić information content (AvgIpc) is 3.04. The van der Waals surface area contributed by atoms with E-state index in [0.717, 1.165) is 16.9 Å². The second-order valence-electron chi connectivity index (χ2n) is 6.73. The van der Waals surface area contributed by atoms with E-state index in [1.165, 1.54) is 0 Å². The zero-order valence-electron chi connectivity index (χ0n) is 15.1. The first-order valence-electron chi connectivity index (χ1n) is 8.63. The molecule has 3 rings (SSSR count). The first kappa shape index (κ1) is 18.1. The highest BCUT2D eigenvalue weighted by Gasteiger charge is 2.37. The van der Waals surface area contributed by atoms with Crippen molar-refractivity contribution in [1.82, 2.24) is 15.3 Å². The molecule has 1 aromatic carbocycles. The van der Waals surface area contributed by atoms with Crippen LogP contribution in [0.2, 0.25) is 0 Å². The molecule has 1 aromatic heterocycles. The van der Waals surface area contributed by atoms with E-state index in [2.05, 4.69) is 15.3 Å². The number of hydrogen-bond acceptors (Lipinski definition) is 6. The molecule has 1 amide bonds. The fourth-order valence-corrected chi connectivity index (χ4v) is 3.19. The molecule has 0 aliphatic carbocycles. The van der Waals surface area contributed by atoms with Gasteiger partial charge < -0.3 is 20.1 Å². The van der Waals surface area contributed by atoms with E-state index in [1.54, 1.807) is 25.7 Å². The van der Waals surface area contributed by atoms with Crippen LogP contribution in [-0.4, -0.2) is 53.3 Å². The molecule has 1 atom stereocenters. The van der Waals surface area contributed by atoms with Gasteiger partial charge >= 0.3 is 0 Å². The molecule has 0 saturated carbocycles. The Morgan fingerprint density at radius 1 is 1.42 bits per heavy atom. The Morgan fingerprint density at radius 3 is 3.00 bits per heavy atom. The van der Waals surface area contributed by atoms with Gasteiger partial charge in [0.1, 0.15) is 17.2 Å². The number of carbonyl (C=O) groups excluding carboxylic acids is 1. The van der Waals surface area contributed by atoms with Crippen LogP contribution in [0.4, 0.5) is 5.82 Å². The summed E-state index contributed by atoms with van der Waals surface area (Å²) >= 11 is 0. The van der Waals surface area contributed by atoms with Gasteiger partial charge in [0.2, 0.25) is 5.91 Å². The molecule has 138 valence electrons. The van der Waals surface area contributed by atoms with Crippen LogP contribution in [0, 0.1) is 6.92 Å². The zero-order chi connectivity index (χ0) is 18.6. The molecule has 2 aromatic rings. The number of hydrogen-bond donors (Lipinski definition) is 2. The Balaban J connectivity index is 1.55. The Bertz CT molecular complexity index is 769. The van der Waals surface area contributed by atoms with Crippen LogP contribution in [0.25, 0.3) is 0 Å². The van der Waals surface area contributed by atoms with Gasteiger partial charge in [-0.25, -0.2) is 4.98 Å². The number of rotatable bonds is 6.